The van der Waals surface area contributed by atoms with Crippen LogP contribution >= 0.6 is 0 Å². The summed E-state index contributed by atoms with van der Waals surface area (Å²) in [7, 11) is -1.47. The first-order valence-electron chi connectivity index (χ1n) is 6.16. The summed E-state index contributed by atoms with van der Waals surface area (Å²) < 4.78 is 12.0. The fourth-order valence-electron chi connectivity index (χ4n) is 1.83. The fourth-order valence-corrected chi connectivity index (χ4v) is 3.35. The topological polar surface area (TPSA) is 97.5 Å². The van der Waals surface area contributed by atoms with Gasteiger partial charge in [-0.05, 0) is 17.9 Å². The summed E-state index contributed by atoms with van der Waals surface area (Å²) in [5.41, 5.74) is 0.803. The van der Waals surface area contributed by atoms with E-state index in [9.17, 15) is 19.1 Å². The number of nitro groups is 1. The molecule has 0 aromatic heterocycles. The smallest absolute Gasteiger partial charge is 0.319 e. The van der Waals surface area contributed by atoms with Gasteiger partial charge in [0.1, 0.15) is 5.25 Å². The number of benzene rings is 1. The number of nitrogens with zero attached hydrogens (tertiary/aromatic N) is 1. The predicted molar refractivity (Wildman–Crippen MR) is 76.1 cm³/mol. The van der Waals surface area contributed by atoms with Crippen LogP contribution in [0.25, 0.3) is 0 Å². The van der Waals surface area contributed by atoms with Gasteiger partial charge in [-0.15, -0.1) is 0 Å². The molecular formula is C13H17NO5S. The van der Waals surface area contributed by atoms with Crippen molar-refractivity contribution in [1.29, 1.82) is 0 Å². The maximum absolute atomic E-state index is 12.0. The predicted octanol–water partition coefficient (Wildman–Crippen LogP) is 2.00. The number of carboxylic acids is 1. The van der Waals surface area contributed by atoms with Gasteiger partial charge < -0.3 is 5.11 Å². The molecule has 0 bridgehead atoms. The Kier molecular flexibility index (Phi) is 5.82. The minimum Gasteiger partial charge on any atom is -0.480 e. The van der Waals surface area contributed by atoms with Crippen LogP contribution in [0.4, 0.5) is 5.69 Å². The van der Waals surface area contributed by atoms with Gasteiger partial charge in [0.05, 0.1) is 4.92 Å². The average Bonchev–Trinajstić information content (AvgIpc) is 2.36. The molecule has 0 amide bonds. The Balaban J connectivity index is 2.64. The molecule has 0 spiro atoms. The summed E-state index contributed by atoms with van der Waals surface area (Å²) >= 11 is 0. The van der Waals surface area contributed by atoms with Crippen molar-refractivity contribution in [3.05, 3.63) is 39.9 Å². The molecule has 0 aliphatic heterocycles. The van der Waals surface area contributed by atoms with Crippen LogP contribution in [0.1, 0.15) is 19.4 Å². The number of carboxylic acid groups (broad SMARTS) is 1. The molecule has 1 aromatic carbocycles. The first-order chi connectivity index (χ1) is 9.32. The molecule has 0 aliphatic carbocycles. The maximum Gasteiger partial charge on any atom is 0.319 e. The van der Waals surface area contributed by atoms with Crippen LogP contribution in [-0.2, 0) is 22.0 Å². The van der Waals surface area contributed by atoms with Crippen LogP contribution in [-0.4, -0.2) is 31.2 Å². The molecule has 0 aliphatic rings. The summed E-state index contributed by atoms with van der Waals surface area (Å²) in [6, 6.07) is 5.96. The number of hydrogen-bond acceptors (Lipinski definition) is 4. The van der Waals surface area contributed by atoms with Gasteiger partial charge in [0, 0.05) is 28.7 Å². The van der Waals surface area contributed by atoms with E-state index in [4.69, 9.17) is 5.11 Å². The molecule has 0 saturated carbocycles. The molecule has 0 saturated heterocycles. The molecule has 6 nitrogen and oxygen atoms in total. The van der Waals surface area contributed by atoms with E-state index in [0.717, 1.165) is 5.56 Å². The Morgan fingerprint density at radius 3 is 2.30 bits per heavy atom. The average molecular weight is 299 g/mol. The number of nitro benzene ring substituents is 1. The minimum atomic E-state index is -1.47. The SMILES string of the molecule is CC(C)C(C(=O)O)S(=O)CCc1ccc([N+](=O)[O-])cc1. The molecule has 2 atom stereocenters. The first kappa shape index (κ1) is 16.3. The number of rotatable bonds is 7. The molecule has 0 heterocycles. The van der Waals surface area contributed by atoms with E-state index in [-0.39, 0.29) is 17.4 Å². The Bertz CT molecular complexity index is 512. The molecule has 1 N–H and O–H groups in total. The largest absolute Gasteiger partial charge is 0.480 e. The highest BCUT2D eigenvalue weighted by Gasteiger charge is 2.27. The van der Waals surface area contributed by atoms with Crippen LogP contribution in [0.3, 0.4) is 0 Å². The van der Waals surface area contributed by atoms with E-state index < -0.39 is 26.9 Å². The van der Waals surface area contributed by atoms with Crippen molar-refractivity contribution in [3.8, 4) is 0 Å². The van der Waals surface area contributed by atoms with Crippen LogP contribution in [0.2, 0.25) is 0 Å². The van der Waals surface area contributed by atoms with Gasteiger partial charge in [-0.2, -0.15) is 0 Å². The van der Waals surface area contributed by atoms with Crippen LogP contribution < -0.4 is 0 Å². The number of non-ortho nitro benzene ring substituents is 1. The van der Waals surface area contributed by atoms with Gasteiger partial charge in [0.25, 0.3) is 5.69 Å². The summed E-state index contributed by atoms with van der Waals surface area (Å²) in [6.45, 7) is 3.45. The van der Waals surface area contributed by atoms with Crippen molar-refractivity contribution in [2.45, 2.75) is 25.5 Å². The van der Waals surface area contributed by atoms with Gasteiger partial charge in [-0.25, -0.2) is 0 Å². The van der Waals surface area contributed by atoms with Gasteiger partial charge >= 0.3 is 5.97 Å². The van der Waals surface area contributed by atoms with E-state index in [2.05, 4.69) is 0 Å². The first-order valence-corrected chi connectivity index (χ1v) is 7.54. The van der Waals surface area contributed by atoms with Crippen LogP contribution in [0.15, 0.2) is 24.3 Å². The van der Waals surface area contributed by atoms with Crippen LogP contribution in [0.5, 0.6) is 0 Å². The maximum atomic E-state index is 12.0. The zero-order valence-electron chi connectivity index (χ0n) is 11.3. The summed E-state index contributed by atoms with van der Waals surface area (Å²) in [5.74, 6) is -1.03. The van der Waals surface area contributed by atoms with Gasteiger partial charge in [0.15, 0.2) is 0 Å². The third-order valence-corrected chi connectivity index (χ3v) is 4.79. The van der Waals surface area contributed by atoms with E-state index in [1.165, 1.54) is 12.1 Å². The highest BCUT2D eigenvalue weighted by Crippen LogP contribution is 2.15. The molecule has 1 rings (SSSR count). The summed E-state index contributed by atoms with van der Waals surface area (Å²) in [4.78, 5) is 21.1. The minimum absolute atomic E-state index is 0.000431. The second-order valence-corrected chi connectivity index (χ2v) is 6.44. The lowest BCUT2D eigenvalue weighted by molar-refractivity contribution is -0.384. The lowest BCUT2D eigenvalue weighted by Crippen LogP contribution is -2.32. The summed E-state index contributed by atoms with van der Waals surface area (Å²) in [6.07, 6.45) is 0.432. The standard InChI is InChI=1S/C13H17NO5S/c1-9(2)12(13(15)16)20(19)8-7-10-3-5-11(6-4-10)14(17)18/h3-6,9,12H,7-8H2,1-2H3,(H,15,16). The van der Waals surface area contributed by atoms with Crippen molar-refractivity contribution in [1.82, 2.24) is 0 Å². The Morgan fingerprint density at radius 1 is 1.35 bits per heavy atom. The van der Waals surface area contributed by atoms with Crippen molar-refractivity contribution in [2.24, 2.45) is 5.92 Å². The van der Waals surface area contributed by atoms with Gasteiger partial charge in [-0.1, -0.05) is 26.0 Å². The monoisotopic (exact) mass is 299 g/mol. The van der Waals surface area contributed by atoms with Crippen molar-refractivity contribution < 1.29 is 19.0 Å². The molecule has 0 radical (unpaired) electrons. The zero-order valence-corrected chi connectivity index (χ0v) is 12.1. The van der Waals surface area contributed by atoms with Crippen molar-refractivity contribution in [3.63, 3.8) is 0 Å². The van der Waals surface area contributed by atoms with Gasteiger partial charge in [-0.3, -0.25) is 19.1 Å². The van der Waals surface area contributed by atoms with Crippen LogP contribution in [0, 0.1) is 16.0 Å². The van der Waals surface area contributed by atoms with Crippen molar-refractivity contribution >= 4 is 22.5 Å². The van der Waals surface area contributed by atoms with E-state index in [0.29, 0.717) is 6.42 Å². The molecular weight excluding hydrogens is 282 g/mol. The Hall–Kier alpha value is -1.76. The summed E-state index contributed by atoms with van der Waals surface area (Å²) in [5, 5.41) is 18.7. The Labute approximate surface area is 119 Å². The number of aryl methyl sites for hydroxylation is 1. The van der Waals surface area contributed by atoms with E-state index in [1.807, 2.05) is 0 Å². The molecule has 0 fully saturated rings. The quantitative estimate of drug-likeness (QED) is 0.613. The number of hydrogen-bond donors (Lipinski definition) is 1. The van der Waals surface area contributed by atoms with Crippen molar-refractivity contribution in [2.75, 3.05) is 5.75 Å². The number of aliphatic carboxylic acids is 1. The molecule has 20 heavy (non-hydrogen) atoms. The lowest BCUT2D eigenvalue weighted by atomic mass is 10.1. The van der Waals surface area contributed by atoms with Gasteiger partial charge in [0.2, 0.25) is 0 Å². The Morgan fingerprint density at radius 2 is 1.90 bits per heavy atom. The molecule has 1 aromatic rings. The third kappa shape index (κ3) is 4.41. The molecule has 7 heteroatoms. The highest BCUT2D eigenvalue weighted by atomic mass is 32.2. The second-order valence-electron chi connectivity index (χ2n) is 4.76. The number of carbonyl (C=O) groups is 1. The lowest BCUT2D eigenvalue weighted by Gasteiger charge is -2.15. The van der Waals surface area contributed by atoms with E-state index in [1.54, 1.807) is 26.0 Å². The normalized spacial score (nSPS) is 13.9. The second kappa shape index (κ2) is 7.14. The molecule has 110 valence electrons. The fraction of sp³-hybridized carbons (Fsp3) is 0.462. The highest BCUT2D eigenvalue weighted by molar-refractivity contribution is 7.86. The third-order valence-electron chi connectivity index (χ3n) is 2.87. The van der Waals surface area contributed by atoms with E-state index >= 15 is 0 Å². The molecule has 2 unspecified atom stereocenters. The zero-order chi connectivity index (χ0) is 15.3.